The lowest BCUT2D eigenvalue weighted by molar-refractivity contribution is 0.0697. The van der Waals surface area contributed by atoms with Crippen molar-refractivity contribution in [3.8, 4) is 11.6 Å². The van der Waals surface area contributed by atoms with Crippen molar-refractivity contribution in [2.24, 2.45) is 0 Å². The Morgan fingerprint density at radius 3 is 2.80 bits per heavy atom. The fourth-order valence-electron chi connectivity index (χ4n) is 1.77. The van der Waals surface area contributed by atoms with E-state index in [4.69, 9.17) is 15.6 Å². The van der Waals surface area contributed by atoms with Crippen LogP contribution >= 0.6 is 0 Å². The van der Waals surface area contributed by atoms with Gasteiger partial charge in [-0.3, -0.25) is 4.98 Å². The van der Waals surface area contributed by atoms with E-state index in [0.717, 1.165) is 11.4 Å². The molecule has 0 fully saturated rings. The molecule has 0 atom stereocenters. The maximum atomic E-state index is 11.0. The number of hydrogen-bond donors (Lipinski definition) is 2. The minimum Gasteiger partial charge on any atom is -0.478 e. The van der Waals surface area contributed by atoms with Gasteiger partial charge >= 0.3 is 5.97 Å². The van der Waals surface area contributed by atoms with Gasteiger partial charge in [0.05, 0.1) is 11.3 Å². The largest absolute Gasteiger partial charge is 0.478 e. The van der Waals surface area contributed by atoms with Crippen LogP contribution in [-0.2, 0) is 6.42 Å². The van der Waals surface area contributed by atoms with Gasteiger partial charge in [0, 0.05) is 11.9 Å². The van der Waals surface area contributed by atoms with Gasteiger partial charge in [0.2, 0.25) is 5.88 Å². The highest BCUT2D eigenvalue weighted by molar-refractivity contribution is 5.94. The number of nitrogens with two attached hydrogens (primary N) is 1. The summed E-state index contributed by atoms with van der Waals surface area (Å²) in [5, 5.41) is 9.02. The molecule has 0 bridgehead atoms. The van der Waals surface area contributed by atoms with E-state index in [9.17, 15) is 4.79 Å². The third-order valence-corrected chi connectivity index (χ3v) is 2.80. The van der Waals surface area contributed by atoms with Crippen LogP contribution < -0.4 is 10.5 Å². The maximum Gasteiger partial charge on any atom is 0.338 e. The smallest absolute Gasteiger partial charge is 0.338 e. The quantitative estimate of drug-likeness (QED) is 0.887. The average molecular weight is 273 g/mol. The van der Waals surface area contributed by atoms with E-state index >= 15 is 0 Å². The molecule has 0 aliphatic heterocycles. The number of carboxylic acid groups (broad SMARTS) is 1. The van der Waals surface area contributed by atoms with E-state index in [1.165, 1.54) is 12.3 Å². The lowest BCUT2D eigenvalue weighted by atomic mass is 10.2. The first kappa shape index (κ1) is 13.8. The van der Waals surface area contributed by atoms with E-state index in [2.05, 4.69) is 9.97 Å². The first-order valence-electron chi connectivity index (χ1n) is 6.15. The molecule has 104 valence electrons. The number of rotatable bonds is 4. The Balaban J connectivity index is 2.40. The average Bonchev–Trinajstić information content (AvgIpc) is 2.42. The molecule has 0 aromatic carbocycles. The number of aromatic nitrogens is 2. The van der Waals surface area contributed by atoms with Crippen molar-refractivity contribution in [1.29, 1.82) is 0 Å². The Bertz CT molecular complexity index is 656. The number of aromatic carboxylic acids is 1. The summed E-state index contributed by atoms with van der Waals surface area (Å²) in [7, 11) is 0. The number of aryl methyl sites for hydroxylation is 2. The highest BCUT2D eigenvalue weighted by atomic mass is 16.5. The SMILES string of the molecule is CCc1nc(C)ccc1Oc1nccc(C(=O)O)c1N. The molecule has 3 N–H and O–H groups in total. The van der Waals surface area contributed by atoms with E-state index in [1.807, 2.05) is 19.9 Å². The van der Waals surface area contributed by atoms with Gasteiger partial charge in [0.25, 0.3) is 0 Å². The summed E-state index contributed by atoms with van der Waals surface area (Å²) in [5.41, 5.74) is 7.39. The Morgan fingerprint density at radius 1 is 1.40 bits per heavy atom. The summed E-state index contributed by atoms with van der Waals surface area (Å²) < 4.78 is 5.62. The molecule has 2 aromatic rings. The highest BCUT2D eigenvalue weighted by Gasteiger charge is 2.15. The minimum absolute atomic E-state index is 0.00243. The van der Waals surface area contributed by atoms with Gasteiger partial charge in [0.15, 0.2) is 5.75 Å². The van der Waals surface area contributed by atoms with E-state index < -0.39 is 5.97 Å². The predicted octanol–water partition coefficient (Wildman–Crippen LogP) is 2.42. The Morgan fingerprint density at radius 2 is 2.15 bits per heavy atom. The van der Waals surface area contributed by atoms with Gasteiger partial charge < -0.3 is 15.6 Å². The zero-order valence-corrected chi connectivity index (χ0v) is 11.3. The summed E-state index contributed by atoms with van der Waals surface area (Å²) in [6, 6.07) is 4.92. The standard InChI is InChI=1S/C14H15N3O3/c1-3-10-11(5-4-8(2)17-10)20-13-12(15)9(14(18)19)6-7-16-13/h4-7H,3,15H2,1-2H3,(H,18,19). The minimum atomic E-state index is -1.12. The normalized spacial score (nSPS) is 10.3. The molecule has 0 amide bonds. The van der Waals surface area contributed by atoms with Crippen molar-refractivity contribution in [2.45, 2.75) is 20.3 Å². The van der Waals surface area contributed by atoms with Gasteiger partial charge in [-0.2, -0.15) is 0 Å². The Kier molecular flexibility index (Phi) is 3.84. The molecule has 2 aromatic heterocycles. The van der Waals surface area contributed by atoms with Crippen LogP contribution in [0.5, 0.6) is 11.6 Å². The maximum absolute atomic E-state index is 11.0. The van der Waals surface area contributed by atoms with Crippen LogP contribution in [-0.4, -0.2) is 21.0 Å². The molecule has 0 saturated carbocycles. The van der Waals surface area contributed by atoms with Crippen LogP contribution in [0.3, 0.4) is 0 Å². The van der Waals surface area contributed by atoms with Crippen molar-refractivity contribution < 1.29 is 14.6 Å². The van der Waals surface area contributed by atoms with Gasteiger partial charge in [-0.15, -0.1) is 0 Å². The van der Waals surface area contributed by atoms with E-state index in [0.29, 0.717) is 12.2 Å². The topological polar surface area (TPSA) is 98.3 Å². The fourth-order valence-corrected chi connectivity index (χ4v) is 1.77. The summed E-state index contributed by atoms with van der Waals surface area (Å²) in [6.45, 7) is 3.85. The van der Waals surface area contributed by atoms with Crippen molar-refractivity contribution in [3.63, 3.8) is 0 Å². The van der Waals surface area contributed by atoms with Gasteiger partial charge in [-0.1, -0.05) is 6.92 Å². The lowest BCUT2D eigenvalue weighted by Gasteiger charge is -2.11. The van der Waals surface area contributed by atoms with Crippen LogP contribution in [0.4, 0.5) is 5.69 Å². The van der Waals surface area contributed by atoms with Crippen molar-refractivity contribution in [1.82, 2.24) is 9.97 Å². The van der Waals surface area contributed by atoms with Crippen LogP contribution in [0, 0.1) is 6.92 Å². The summed E-state index contributed by atoms with van der Waals surface area (Å²) in [4.78, 5) is 19.4. The number of carbonyl (C=O) groups is 1. The first-order valence-corrected chi connectivity index (χ1v) is 6.15. The third kappa shape index (κ3) is 2.69. The molecule has 0 aliphatic carbocycles. The molecule has 6 heteroatoms. The number of nitrogen functional groups attached to an aromatic ring is 1. The summed E-state index contributed by atoms with van der Waals surface area (Å²) >= 11 is 0. The van der Waals surface area contributed by atoms with E-state index in [1.54, 1.807) is 6.07 Å². The molecule has 0 radical (unpaired) electrons. The molecular weight excluding hydrogens is 258 g/mol. The second kappa shape index (κ2) is 5.56. The summed E-state index contributed by atoms with van der Waals surface area (Å²) in [5.74, 6) is -0.516. The molecule has 6 nitrogen and oxygen atoms in total. The van der Waals surface area contributed by atoms with Gasteiger partial charge in [0.1, 0.15) is 5.69 Å². The molecule has 0 aliphatic rings. The molecular formula is C14H15N3O3. The number of carboxylic acids is 1. The Hall–Kier alpha value is -2.63. The summed E-state index contributed by atoms with van der Waals surface area (Å²) in [6.07, 6.45) is 2.04. The van der Waals surface area contributed by atoms with Crippen LogP contribution in [0.25, 0.3) is 0 Å². The second-order valence-corrected chi connectivity index (χ2v) is 4.24. The number of anilines is 1. The molecule has 0 saturated heterocycles. The van der Waals surface area contributed by atoms with Crippen LogP contribution in [0.2, 0.25) is 0 Å². The molecule has 20 heavy (non-hydrogen) atoms. The zero-order chi connectivity index (χ0) is 14.7. The van der Waals surface area contributed by atoms with Crippen LogP contribution in [0.15, 0.2) is 24.4 Å². The van der Waals surface area contributed by atoms with Crippen molar-refractivity contribution in [3.05, 3.63) is 41.3 Å². The molecule has 0 unspecified atom stereocenters. The number of pyridine rings is 2. The predicted molar refractivity (Wildman–Crippen MR) is 74.0 cm³/mol. The molecule has 0 spiro atoms. The highest BCUT2D eigenvalue weighted by Crippen LogP contribution is 2.29. The van der Waals surface area contributed by atoms with Crippen molar-refractivity contribution >= 4 is 11.7 Å². The van der Waals surface area contributed by atoms with Crippen LogP contribution in [0.1, 0.15) is 28.7 Å². The van der Waals surface area contributed by atoms with Crippen molar-refractivity contribution in [2.75, 3.05) is 5.73 Å². The Labute approximate surface area is 116 Å². The second-order valence-electron chi connectivity index (χ2n) is 4.24. The van der Waals surface area contributed by atoms with Gasteiger partial charge in [-0.25, -0.2) is 9.78 Å². The third-order valence-electron chi connectivity index (χ3n) is 2.80. The van der Waals surface area contributed by atoms with E-state index in [-0.39, 0.29) is 17.1 Å². The molecule has 2 rings (SSSR count). The fraction of sp³-hybridized carbons (Fsp3) is 0.214. The monoisotopic (exact) mass is 273 g/mol. The van der Waals surface area contributed by atoms with Gasteiger partial charge in [-0.05, 0) is 31.5 Å². The zero-order valence-electron chi connectivity index (χ0n) is 11.3. The first-order chi connectivity index (χ1) is 9.52. The number of hydrogen-bond acceptors (Lipinski definition) is 5. The molecule has 2 heterocycles. The lowest BCUT2D eigenvalue weighted by Crippen LogP contribution is -2.06. The number of nitrogens with zero attached hydrogens (tertiary/aromatic N) is 2. The number of ether oxygens (including phenoxy) is 1.